The first-order valence-corrected chi connectivity index (χ1v) is 12.7. The van der Waals surface area contributed by atoms with Crippen molar-refractivity contribution < 1.29 is 50.2 Å². The van der Waals surface area contributed by atoms with Crippen LogP contribution < -0.4 is 0 Å². The molecule has 0 N–H and O–H groups in total. The van der Waals surface area contributed by atoms with E-state index in [4.69, 9.17) is 21.1 Å². The van der Waals surface area contributed by atoms with Crippen molar-refractivity contribution in [3.8, 4) is 0 Å². The third-order valence-electron chi connectivity index (χ3n) is 5.65. The maximum absolute atomic E-state index is 14.4. The standard InChI is InChI=1S/C23H23BrClF6N3O5/c1-5-38-20(36)17(18(35)12-6-9(26)8-33(12)21(37)39-22(2,3)4)34-16(19(27)28)13-10(23(29,30)31)7-11(24)14(25)15(13)32-34/h7,9,12,17,19H,5-6,8H2,1-4H3. The summed E-state index contributed by atoms with van der Waals surface area (Å²) in [6.07, 6.45) is -12.3. The van der Waals surface area contributed by atoms with Gasteiger partial charge in [0, 0.05) is 16.3 Å². The molecule has 1 aromatic heterocycles. The normalized spacial score (nSPS) is 19.1. The number of hydrogen-bond donors (Lipinski definition) is 0. The van der Waals surface area contributed by atoms with E-state index in [1.165, 1.54) is 27.7 Å². The zero-order valence-electron chi connectivity index (χ0n) is 20.9. The highest BCUT2D eigenvalue weighted by atomic mass is 79.9. The Balaban J connectivity index is 2.27. The number of likely N-dealkylation sites (tertiary alicyclic amines) is 1. The first-order chi connectivity index (χ1) is 17.9. The SMILES string of the molecule is CCOC(=O)C(C(=O)C1CC(F)CN1C(=O)OC(C)(C)C)n1nc2c(Cl)c(Br)cc(C(F)(F)F)c2c1C(F)F. The molecular formula is C23H23BrClF6N3O5. The number of alkyl halides is 6. The number of nitrogens with zero attached hydrogens (tertiary/aromatic N) is 3. The van der Waals surface area contributed by atoms with Gasteiger partial charge in [0.2, 0.25) is 6.04 Å². The van der Waals surface area contributed by atoms with E-state index >= 15 is 0 Å². The van der Waals surface area contributed by atoms with Crippen molar-refractivity contribution in [2.24, 2.45) is 0 Å². The van der Waals surface area contributed by atoms with Crippen LogP contribution in [0.4, 0.5) is 31.1 Å². The van der Waals surface area contributed by atoms with Crippen molar-refractivity contribution in [3.05, 3.63) is 26.8 Å². The molecule has 0 bridgehead atoms. The Kier molecular flexibility index (Phi) is 8.85. The van der Waals surface area contributed by atoms with E-state index in [1.54, 1.807) is 0 Å². The van der Waals surface area contributed by atoms with Crippen LogP contribution in [0.5, 0.6) is 0 Å². The van der Waals surface area contributed by atoms with Crippen LogP contribution in [0.2, 0.25) is 5.02 Å². The van der Waals surface area contributed by atoms with Gasteiger partial charge in [-0.05, 0) is 49.7 Å². The van der Waals surface area contributed by atoms with Crippen LogP contribution >= 0.6 is 27.5 Å². The number of carbonyl (C=O) groups excluding carboxylic acids is 3. The third-order valence-corrected chi connectivity index (χ3v) is 6.88. The Hall–Kier alpha value is -2.55. The fraction of sp³-hybridized carbons (Fsp3) is 0.565. The topological polar surface area (TPSA) is 90.7 Å². The molecule has 3 atom stereocenters. The fourth-order valence-corrected chi connectivity index (χ4v) is 4.79. The highest BCUT2D eigenvalue weighted by molar-refractivity contribution is 9.10. The van der Waals surface area contributed by atoms with Gasteiger partial charge in [-0.1, -0.05) is 11.6 Å². The molecule has 2 aromatic rings. The molecule has 2 heterocycles. The number of rotatable bonds is 6. The fourth-order valence-electron chi connectivity index (χ4n) is 4.19. The Morgan fingerprint density at radius 2 is 1.85 bits per heavy atom. The second-order valence-corrected chi connectivity index (χ2v) is 10.8. The summed E-state index contributed by atoms with van der Waals surface area (Å²) < 4.78 is 94.7. The smallest absolute Gasteiger partial charge is 0.417 e. The molecule has 1 saturated heterocycles. The van der Waals surface area contributed by atoms with Gasteiger partial charge in [-0.25, -0.2) is 27.4 Å². The second kappa shape index (κ2) is 11.1. The molecular weight excluding hydrogens is 628 g/mol. The zero-order chi connectivity index (χ0) is 29.6. The number of amides is 1. The van der Waals surface area contributed by atoms with Gasteiger partial charge in [-0.3, -0.25) is 9.69 Å². The molecule has 1 aromatic carbocycles. The summed E-state index contributed by atoms with van der Waals surface area (Å²) in [5.41, 5.74) is -4.81. The van der Waals surface area contributed by atoms with Crippen LogP contribution in [0.25, 0.3) is 10.9 Å². The summed E-state index contributed by atoms with van der Waals surface area (Å²) in [4.78, 5) is 40.1. The Morgan fingerprint density at radius 3 is 2.36 bits per heavy atom. The maximum Gasteiger partial charge on any atom is 0.417 e. The number of aromatic nitrogens is 2. The molecule has 1 amide bonds. The predicted molar refractivity (Wildman–Crippen MR) is 129 cm³/mol. The Bertz CT molecular complexity index is 1300. The summed E-state index contributed by atoms with van der Waals surface area (Å²) in [6, 6.07) is -3.64. The number of carbonyl (C=O) groups is 3. The summed E-state index contributed by atoms with van der Waals surface area (Å²) in [7, 11) is 0. The number of Topliss-reactive ketones (excluding diaryl/α,β-unsaturated/α-hetero) is 1. The largest absolute Gasteiger partial charge is 0.464 e. The first kappa shape index (κ1) is 31.0. The van der Waals surface area contributed by atoms with Crippen LogP contribution in [0, 0.1) is 0 Å². The number of benzene rings is 1. The van der Waals surface area contributed by atoms with Crippen molar-refractivity contribution >= 4 is 56.3 Å². The van der Waals surface area contributed by atoms with Crippen molar-refractivity contribution in [2.45, 2.75) is 70.6 Å². The molecule has 16 heteroatoms. The molecule has 0 radical (unpaired) electrons. The highest BCUT2D eigenvalue weighted by Gasteiger charge is 2.48. The highest BCUT2D eigenvalue weighted by Crippen LogP contribution is 2.45. The van der Waals surface area contributed by atoms with Crippen molar-refractivity contribution in [3.63, 3.8) is 0 Å². The first-order valence-electron chi connectivity index (χ1n) is 11.5. The summed E-state index contributed by atoms with van der Waals surface area (Å²) >= 11 is 8.91. The van der Waals surface area contributed by atoms with E-state index < -0.39 is 94.5 Å². The van der Waals surface area contributed by atoms with Crippen LogP contribution in [-0.2, 0) is 25.2 Å². The number of ether oxygens (including phenoxy) is 2. The Morgan fingerprint density at radius 1 is 1.23 bits per heavy atom. The third kappa shape index (κ3) is 6.28. The van der Waals surface area contributed by atoms with E-state index in [-0.39, 0.29) is 15.8 Å². The molecule has 0 saturated carbocycles. The minimum Gasteiger partial charge on any atom is -0.464 e. The molecule has 216 valence electrons. The summed E-state index contributed by atoms with van der Waals surface area (Å²) in [6.45, 7) is 4.91. The lowest BCUT2D eigenvalue weighted by atomic mass is 10.0. The number of ketones is 1. The van der Waals surface area contributed by atoms with E-state index in [0.717, 1.165) is 0 Å². The van der Waals surface area contributed by atoms with Crippen LogP contribution in [0.15, 0.2) is 10.5 Å². The van der Waals surface area contributed by atoms with Crippen molar-refractivity contribution in [1.82, 2.24) is 14.7 Å². The molecule has 39 heavy (non-hydrogen) atoms. The van der Waals surface area contributed by atoms with Crippen LogP contribution in [0.3, 0.4) is 0 Å². The lowest BCUT2D eigenvalue weighted by molar-refractivity contribution is -0.152. The van der Waals surface area contributed by atoms with Gasteiger partial charge in [-0.2, -0.15) is 18.3 Å². The van der Waals surface area contributed by atoms with Gasteiger partial charge in [0.25, 0.3) is 6.43 Å². The van der Waals surface area contributed by atoms with E-state index in [2.05, 4.69) is 21.0 Å². The van der Waals surface area contributed by atoms with E-state index in [9.17, 15) is 40.7 Å². The van der Waals surface area contributed by atoms with Gasteiger partial charge >= 0.3 is 18.2 Å². The molecule has 3 unspecified atom stereocenters. The molecule has 8 nitrogen and oxygen atoms in total. The number of fused-ring (bicyclic) bond motifs is 1. The molecule has 0 aliphatic carbocycles. The van der Waals surface area contributed by atoms with Gasteiger partial charge < -0.3 is 9.47 Å². The molecule has 1 fully saturated rings. The molecule has 3 rings (SSSR count). The van der Waals surface area contributed by atoms with Crippen molar-refractivity contribution in [1.29, 1.82) is 0 Å². The quantitative estimate of drug-likeness (QED) is 0.203. The molecule has 1 aliphatic heterocycles. The minimum atomic E-state index is -5.16. The lowest BCUT2D eigenvalue weighted by Crippen LogP contribution is -2.47. The van der Waals surface area contributed by atoms with E-state index in [1.807, 2.05) is 0 Å². The average Bonchev–Trinajstić information content (AvgIpc) is 3.36. The Labute approximate surface area is 231 Å². The lowest BCUT2D eigenvalue weighted by Gasteiger charge is -2.29. The summed E-state index contributed by atoms with van der Waals surface area (Å²) in [5.74, 6) is -2.76. The van der Waals surface area contributed by atoms with Gasteiger partial charge in [-0.15, -0.1) is 0 Å². The van der Waals surface area contributed by atoms with E-state index in [0.29, 0.717) is 11.0 Å². The number of hydrogen-bond acceptors (Lipinski definition) is 6. The second-order valence-electron chi connectivity index (χ2n) is 9.61. The average molecular weight is 651 g/mol. The predicted octanol–water partition coefficient (Wildman–Crippen LogP) is 6.43. The zero-order valence-corrected chi connectivity index (χ0v) is 23.3. The van der Waals surface area contributed by atoms with Gasteiger partial charge in [0.1, 0.15) is 23.0 Å². The van der Waals surface area contributed by atoms with Crippen LogP contribution in [-0.4, -0.2) is 63.5 Å². The summed E-state index contributed by atoms with van der Waals surface area (Å²) in [5, 5.41) is 2.11. The van der Waals surface area contributed by atoms with Gasteiger partial charge in [0.05, 0.1) is 29.8 Å². The number of halogens is 8. The molecule has 0 spiro atoms. The maximum atomic E-state index is 14.4. The van der Waals surface area contributed by atoms with Crippen LogP contribution in [0.1, 0.15) is 57.8 Å². The van der Waals surface area contributed by atoms with Crippen molar-refractivity contribution in [2.75, 3.05) is 13.2 Å². The number of esters is 1. The monoisotopic (exact) mass is 649 g/mol. The van der Waals surface area contributed by atoms with Gasteiger partial charge in [0.15, 0.2) is 5.78 Å². The minimum absolute atomic E-state index is 0.113. The molecule has 1 aliphatic rings.